The fraction of sp³-hybridized carbons (Fsp3) is 0.500. The summed E-state index contributed by atoms with van der Waals surface area (Å²) in [6.07, 6.45) is 5.35. The molecule has 1 heterocycles. The molecule has 0 amide bonds. The third-order valence-corrected chi connectivity index (χ3v) is 4.70. The lowest BCUT2D eigenvalue weighted by molar-refractivity contribution is -0.150. The molecule has 1 aromatic carbocycles. The minimum Gasteiger partial charge on any atom is -0.481 e. The van der Waals surface area contributed by atoms with Crippen molar-refractivity contribution >= 4 is 5.97 Å². The third-order valence-electron chi connectivity index (χ3n) is 4.70. The molecule has 7 heteroatoms. The van der Waals surface area contributed by atoms with E-state index < -0.39 is 17.2 Å². The van der Waals surface area contributed by atoms with Gasteiger partial charge in [-0.3, -0.25) is 4.79 Å². The first-order valence-electron chi connectivity index (χ1n) is 8.51. The molecule has 0 atom stereocenters. The van der Waals surface area contributed by atoms with E-state index in [1.165, 1.54) is 12.1 Å². The Bertz CT molecular complexity index is 723. The number of benzene rings is 1. The second kappa shape index (κ2) is 7.63. The van der Waals surface area contributed by atoms with Gasteiger partial charge in [-0.05, 0) is 25.0 Å². The summed E-state index contributed by atoms with van der Waals surface area (Å²) >= 11 is 0. The van der Waals surface area contributed by atoms with E-state index in [4.69, 9.17) is 9.15 Å². The zero-order valence-electron chi connectivity index (χ0n) is 13.9. The maximum absolute atomic E-state index is 13.5. The van der Waals surface area contributed by atoms with E-state index in [-0.39, 0.29) is 30.6 Å². The van der Waals surface area contributed by atoms with E-state index in [0.29, 0.717) is 12.8 Å². The number of hydrogen-bond acceptors (Lipinski definition) is 5. The van der Waals surface area contributed by atoms with Gasteiger partial charge in [0.05, 0.1) is 5.41 Å². The number of carbonyl (C=O) groups is 1. The predicted octanol–water partition coefficient (Wildman–Crippen LogP) is 3.76. The number of halogens is 1. The Morgan fingerprint density at radius 3 is 2.52 bits per heavy atom. The number of rotatable bonds is 6. The SMILES string of the molecule is O=C(O)C1(Cc2nnc(COc3ccccc3F)o2)CCCCCC1. The highest BCUT2D eigenvalue weighted by Gasteiger charge is 2.40. The minimum absolute atomic E-state index is 0.0615. The average molecular weight is 348 g/mol. The summed E-state index contributed by atoms with van der Waals surface area (Å²) in [5, 5.41) is 17.5. The van der Waals surface area contributed by atoms with Gasteiger partial charge in [-0.2, -0.15) is 0 Å². The molecule has 0 unspecified atom stereocenters. The Labute approximate surface area is 145 Å². The van der Waals surface area contributed by atoms with Gasteiger partial charge < -0.3 is 14.3 Å². The summed E-state index contributed by atoms with van der Waals surface area (Å²) in [5.41, 5.74) is -0.841. The van der Waals surface area contributed by atoms with Crippen LogP contribution in [0, 0.1) is 11.2 Å². The van der Waals surface area contributed by atoms with Crippen LogP contribution in [0.25, 0.3) is 0 Å². The van der Waals surface area contributed by atoms with Crippen molar-refractivity contribution in [1.29, 1.82) is 0 Å². The topological polar surface area (TPSA) is 85.5 Å². The molecular weight excluding hydrogens is 327 g/mol. The molecule has 25 heavy (non-hydrogen) atoms. The number of aliphatic carboxylic acids is 1. The lowest BCUT2D eigenvalue weighted by atomic mass is 9.77. The molecule has 0 radical (unpaired) electrons. The molecule has 0 aliphatic heterocycles. The molecule has 0 saturated heterocycles. The van der Waals surface area contributed by atoms with E-state index in [2.05, 4.69) is 10.2 Å². The number of carboxylic acids is 1. The molecule has 0 bridgehead atoms. The normalized spacial score (nSPS) is 17.0. The number of hydrogen-bond donors (Lipinski definition) is 1. The van der Waals surface area contributed by atoms with Crippen LogP contribution in [0.1, 0.15) is 50.3 Å². The van der Waals surface area contributed by atoms with Crippen LogP contribution in [0.5, 0.6) is 5.75 Å². The summed E-state index contributed by atoms with van der Waals surface area (Å²) in [4.78, 5) is 11.8. The highest BCUT2D eigenvalue weighted by atomic mass is 19.1. The zero-order valence-corrected chi connectivity index (χ0v) is 13.9. The summed E-state index contributed by atoms with van der Waals surface area (Å²) in [6.45, 7) is -0.0615. The molecular formula is C18H21FN2O4. The Morgan fingerprint density at radius 1 is 1.16 bits per heavy atom. The monoisotopic (exact) mass is 348 g/mol. The van der Waals surface area contributed by atoms with Crippen molar-refractivity contribution in [1.82, 2.24) is 10.2 Å². The highest BCUT2D eigenvalue weighted by molar-refractivity contribution is 5.74. The van der Waals surface area contributed by atoms with Crippen LogP contribution in [0.15, 0.2) is 28.7 Å². The van der Waals surface area contributed by atoms with Gasteiger partial charge >= 0.3 is 5.97 Å². The van der Waals surface area contributed by atoms with Crippen molar-refractivity contribution in [3.05, 3.63) is 41.9 Å². The summed E-state index contributed by atoms with van der Waals surface area (Å²) < 4.78 is 24.4. The fourth-order valence-corrected chi connectivity index (χ4v) is 3.28. The number of carboxylic acid groups (broad SMARTS) is 1. The Kier molecular flexibility index (Phi) is 5.31. The summed E-state index contributed by atoms with van der Waals surface area (Å²) in [7, 11) is 0. The van der Waals surface area contributed by atoms with Crippen molar-refractivity contribution < 1.29 is 23.4 Å². The number of nitrogens with zero attached hydrogens (tertiary/aromatic N) is 2. The van der Waals surface area contributed by atoms with Gasteiger partial charge in [0, 0.05) is 6.42 Å². The summed E-state index contributed by atoms with van der Waals surface area (Å²) in [5.74, 6) is -0.681. The smallest absolute Gasteiger partial charge is 0.310 e. The third kappa shape index (κ3) is 4.15. The van der Waals surface area contributed by atoms with Gasteiger partial charge in [-0.15, -0.1) is 10.2 Å². The lowest BCUT2D eigenvalue weighted by Crippen LogP contribution is -2.33. The number of aromatic nitrogens is 2. The van der Waals surface area contributed by atoms with Crippen LogP contribution in [0.2, 0.25) is 0 Å². The maximum atomic E-state index is 13.5. The van der Waals surface area contributed by atoms with Crippen molar-refractivity contribution in [2.24, 2.45) is 5.41 Å². The quantitative estimate of drug-likeness (QED) is 0.800. The molecule has 1 saturated carbocycles. The number of ether oxygens (including phenoxy) is 1. The molecule has 2 aromatic rings. The van der Waals surface area contributed by atoms with Crippen LogP contribution in [-0.2, 0) is 17.8 Å². The van der Waals surface area contributed by atoms with Crippen molar-refractivity contribution in [3.63, 3.8) is 0 Å². The standard InChI is InChI=1S/C18H21FN2O4/c19-13-7-3-4-8-14(13)24-12-16-21-20-15(25-16)11-18(17(22)23)9-5-1-2-6-10-18/h3-4,7-8H,1-2,5-6,9-12H2,(H,22,23). The van der Waals surface area contributed by atoms with Gasteiger partial charge in [0.15, 0.2) is 18.2 Å². The second-order valence-corrected chi connectivity index (χ2v) is 6.49. The van der Waals surface area contributed by atoms with E-state index >= 15 is 0 Å². The van der Waals surface area contributed by atoms with Crippen molar-refractivity contribution in [2.75, 3.05) is 0 Å². The Morgan fingerprint density at radius 2 is 1.84 bits per heavy atom. The first-order valence-corrected chi connectivity index (χ1v) is 8.51. The van der Waals surface area contributed by atoms with E-state index in [1.807, 2.05) is 0 Å². The average Bonchev–Trinajstić information content (AvgIpc) is 2.89. The van der Waals surface area contributed by atoms with Gasteiger partial charge in [-0.25, -0.2) is 4.39 Å². The zero-order chi connectivity index (χ0) is 17.7. The molecule has 0 spiro atoms. The molecule has 1 aliphatic rings. The van der Waals surface area contributed by atoms with Crippen LogP contribution in [0.4, 0.5) is 4.39 Å². The molecule has 1 aromatic heterocycles. The second-order valence-electron chi connectivity index (χ2n) is 6.49. The van der Waals surface area contributed by atoms with Crippen molar-refractivity contribution in [3.8, 4) is 5.75 Å². The van der Waals surface area contributed by atoms with Gasteiger partial charge in [-0.1, -0.05) is 37.8 Å². The van der Waals surface area contributed by atoms with Gasteiger partial charge in [0.25, 0.3) is 5.89 Å². The van der Waals surface area contributed by atoms with E-state index in [0.717, 1.165) is 25.7 Å². The van der Waals surface area contributed by atoms with Crippen LogP contribution in [-0.4, -0.2) is 21.3 Å². The minimum atomic E-state index is -0.841. The molecule has 6 nitrogen and oxygen atoms in total. The molecule has 1 N–H and O–H groups in total. The van der Waals surface area contributed by atoms with Crippen LogP contribution >= 0.6 is 0 Å². The predicted molar refractivity (Wildman–Crippen MR) is 86.5 cm³/mol. The lowest BCUT2D eigenvalue weighted by Gasteiger charge is -2.26. The number of para-hydroxylation sites is 1. The van der Waals surface area contributed by atoms with E-state index in [1.54, 1.807) is 12.1 Å². The van der Waals surface area contributed by atoms with Crippen LogP contribution in [0.3, 0.4) is 0 Å². The Balaban J connectivity index is 1.66. The Hall–Kier alpha value is -2.44. The molecule has 1 aliphatic carbocycles. The molecule has 134 valence electrons. The van der Waals surface area contributed by atoms with Crippen LogP contribution < -0.4 is 4.74 Å². The van der Waals surface area contributed by atoms with Crippen molar-refractivity contribution in [2.45, 2.75) is 51.6 Å². The van der Waals surface area contributed by atoms with Gasteiger partial charge in [0.1, 0.15) is 0 Å². The fourth-order valence-electron chi connectivity index (χ4n) is 3.28. The maximum Gasteiger partial charge on any atom is 0.310 e. The largest absolute Gasteiger partial charge is 0.481 e. The summed E-state index contributed by atoms with van der Waals surface area (Å²) in [6, 6.07) is 6.06. The highest BCUT2D eigenvalue weighted by Crippen LogP contribution is 2.38. The first kappa shape index (κ1) is 17.4. The van der Waals surface area contributed by atoms with Gasteiger partial charge in [0.2, 0.25) is 5.89 Å². The molecule has 1 fully saturated rings. The van der Waals surface area contributed by atoms with E-state index in [9.17, 15) is 14.3 Å². The first-order chi connectivity index (χ1) is 12.1. The molecule has 3 rings (SSSR count).